The summed E-state index contributed by atoms with van der Waals surface area (Å²) in [7, 11) is -3.86. The molecule has 0 saturated carbocycles. The second-order valence-corrected chi connectivity index (χ2v) is 30.6. The van der Waals surface area contributed by atoms with E-state index in [0.29, 0.717) is 40.1 Å². The van der Waals surface area contributed by atoms with Gasteiger partial charge >= 0.3 is 22.8 Å². The van der Waals surface area contributed by atoms with Crippen LogP contribution >= 0.6 is 16.3 Å². The summed E-state index contributed by atoms with van der Waals surface area (Å²) in [6.07, 6.45) is 0.937. The van der Waals surface area contributed by atoms with E-state index in [0.717, 1.165) is 11.7 Å². The van der Waals surface area contributed by atoms with Gasteiger partial charge in [-0.25, -0.2) is 39.8 Å². The topological polar surface area (TPSA) is 464 Å². The van der Waals surface area contributed by atoms with Crippen molar-refractivity contribution in [2.75, 3.05) is 58.2 Å². The monoisotopic (exact) mass is 1650 g/mol. The molecule has 6 unspecified atom stereocenters. The number of hydrogen-bond donors (Lipinski definition) is 4. The number of phosphoric ester groups is 1. The van der Waals surface area contributed by atoms with Crippen molar-refractivity contribution in [3.05, 3.63) is 181 Å². The molecule has 0 spiro atoms. The fourth-order valence-electron chi connectivity index (χ4n) is 14.0. The third-order valence-corrected chi connectivity index (χ3v) is 22.6. The number of nitrogens with one attached hydrogen (secondary N) is 3. The minimum atomic E-state index is -4.69. The number of methoxy groups -OCH3 is 1. The molecule has 1 amide bonds. The zero-order chi connectivity index (χ0) is 78.0. The number of aromatic nitrogens is 14. The summed E-state index contributed by atoms with van der Waals surface area (Å²) in [5.41, 5.74) is 3.51. The van der Waals surface area contributed by atoms with Gasteiger partial charge in [0.1, 0.15) is 89.9 Å². The molecule has 6 aliphatic rings. The number of anilines is 2. The Balaban J connectivity index is 0.000000224. The Labute approximate surface area is 654 Å². The average molecular weight is 1650 g/mol. The van der Waals surface area contributed by atoms with E-state index >= 15 is 0 Å². The zero-order valence-corrected chi connectivity index (χ0v) is 66.8. The van der Waals surface area contributed by atoms with E-state index in [2.05, 4.69) is 59.9 Å². The first-order valence-corrected chi connectivity index (χ1v) is 37.8. The Morgan fingerprint density at radius 1 is 0.745 bits per heavy atom. The first kappa shape index (κ1) is 83.5. The Bertz CT molecular complexity index is 4890. The van der Waals surface area contributed by atoms with Crippen LogP contribution in [0.3, 0.4) is 0 Å². The largest absolute Gasteiger partial charge is 0.756 e. The molecule has 6 saturated heterocycles. The van der Waals surface area contributed by atoms with E-state index in [1.165, 1.54) is 44.8 Å². The summed E-state index contributed by atoms with van der Waals surface area (Å²) in [4.78, 5) is 117. The number of nitrogens with two attached hydrogens (primary N) is 1. The van der Waals surface area contributed by atoms with Gasteiger partial charge < -0.3 is 81.5 Å². The first-order chi connectivity index (χ1) is 52.0. The van der Waals surface area contributed by atoms with Crippen LogP contribution in [0.15, 0.2) is 96.3 Å². The number of nitrogens with zero attached hydrogens (tertiary/aromatic N) is 14. The molecule has 6 fully saturated rings. The normalized spacial score (nSPS) is 26.8. The van der Waals surface area contributed by atoms with Crippen LogP contribution in [-0.2, 0) is 124 Å². The van der Waals surface area contributed by atoms with Crippen molar-refractivity contribution in [3.8, 4) is 0 Å². The molecule has 12 heterocycles. The number of ether oxygens (including phenoxy) is 9. The number of amides is 1. The number of rotatable bonds is 30. The number of nitrogen functional groups attached to an aromatic ring is 1. The Hall–Kier alpha value is -7.46. The van der Waals surface area contributed by atoms with Crippen LogP contribution in [0.25, 0.3) is 4.85 Å². The van der Waals surface area contributed by atoms with E-state index in [1.807, 2.05) is 40.7 Å². The van der Waals surface area contributed by atoms with Gasteiger partial charge in [-0.2, -0.15) is 9.97 Å². The van der Waals surface area contributed by atoms with Gasteiger partial charge in [0.05, 0.1) is 70.7 Å². The van der Waals surface area contributed by atoms with Crippen LogP contribution in [0, 0.1) is 34.3 Å². The van der Waals surface area contributed by atoms with Gasteiger partial charge in [-0.1, -0.05) is 35.5 Å². The van der Waals surface area contributed by atoms with Gasteiger partial charge in [-0.3, -0.25) is 47.2 Å². The third kappa shape index (κ3) is 18.1. The summed E-state index contributed by atoms with van der Waals surface area (Å²) < 4.78 is 101. The van der Waals surface area contributed by atoms with Crippen molar-refractivity contribution in [1.29, 1.82) is 0 Å². The Morgan fingerprint density at radius 2 is 1.25 bits per heavy atom. The molecule has 1 radical (unpaired) electrons. The van der Waals surface area contributed by atoms with Crippen molar-refractivity contribution < 1.29 is 108 Å². The maximum Gasteiger partial charge on any atom is 0.351 e. The number of carbonyl (C=O) groups excluding carboxylic acids is 1. The smallest absolute Gasteiger partial charge is 0.351 e. The van der Waals surface area contributed by atoms with Gasteiger partial charge in [0, 0.05) is 124 Å². The SMILES string of the molecule is COC[C@]12CO[C@@H](C1OCc1cn(C[C@H]3O[C@@H](n4cc(C)c(=O)[nH]c4=O)CC3OP(=O)([O-])OC)nn1)[C@H](n1cc(C)c(N)nc1=O)O2.[C-]#[N+]CCOP(OC1C[C@H](n2cc(C)c(=O)[nH]c2=O)O[C@@H]1Cn1cc(COC2[C@@H]3OC[C@]2(CC)O[C@H]3n2cc(C)c(NC(=O)c3ccccc3)nc2=O)nn1)N(C(C)C)C(C)C.[Y]. The molecule has 4 bridgehead atoms. The van der Waals surface area contributed by atoms with E-state index in [1.54, 1.807) is 74.5 Å². The second kappa shape index (κ2) is 35.3. The number of fused-ring (bicyclic) bond motifs is 4. The standard InChI is InChI=1S/C41H53N10O10P.C26H35N8O12P.Y/c1-9-41-23-57-33(38(60-41)50-18-26(6)35(44-39(50)54)43-37(53)28-13-11-10-12-14-28)34(41)56-22-29-20-48(47-46-29)21-31-30(17-32(59-31)49-19-27(7)36(52)45-40(49)55)61-62(58-16-15-42-8)51(24(2)3)25(4)5;1-13-6-34(24(36)28-21(13)27)23-19-20(26(45-23,11-40-3)12-43-19)42-10-15-8-32(31-30-15)9-17-16(46-47(38,39)41-4)5-18(44-17)33-7-14(2)22(35)29-25(33)37;/h10-14,18-20,24-25,30-34,38H,9,15-17,21-23H2,1-7H3,(H,45,52,55)(H,43,44,53,54);6-8,16-20,23H,5,9-12H2,1-4H3,(H,38,39)(H2,27,28,36)(H,29,35,37);/p-1/t30?,31-,32-,33+,34?,38-,41+,62?;16?,17-,18-,19+,20?,23-,26+;/m11./s1. The minimum Gasteiger partial charge on any atom is -0.756 e. The van der Waals surface area contributed by atoms with Crippen LogP contribution in [0.5, 0.6) is 0 Å². The van der Waals surface area contributed by atoms with Crippen LogP contribution in [-0.4, -0.2) is 198 Å². The second-order valence-electron chi connectivity index (χ2n) is 27.7. The summed E-state index contributed by atoms with van der Waals surface area (Å²) in [5, 5.41) is 19.8. The summed E-state index contributed by atoms with van der Waals surface area (Å²) in [5.74, 6) is -0.108. The first-order valence-electron chi connectivity index (χ1n) is 35.2. The quantitative estimate of drug-likeness (QED) is 0.0285. The van der Waals surface area contributed by atoms with Crippen molar-refractivity contribution >= 4 is 33.9 Å². The molecule has 110 heavy (non-hydrogen) atoms. The molecule has 40 nitrogen and oxygen atoms in total. The molecule has 13 rings (SSSR count). The molecule has 6 aromatic heterocycles. The number of hydrogen-bond acceptors (Lipinski definition) is 30. The van der Waals surface area contributed by atoms with E-state index in [4.69, 9.17) is 68.5 Å². The Kier molecular flexibility index (Phi) is 26.8. The van der Waals surface area contributed by atoms with Gasteiger partial charge in [0.25, 0.3) is 33.4 Å². The number of phosphoric acid groups is 1. The summed E-state index contributed by atoms with van der Waals surface area (Å²) in [6, 6.07) is 8.78. The van der Waals surface area contributed by atoms with Crippen LogP contribution in [0.2, 0.25) is 0 Å². The van der Waals surface area contributed by atoms with Crippen molar-refractivity contribution in [2.24, 2.45) is 0 Å². The average Bonchev–Trinajstić information content (AvgIpc) is 1.57. The molecule has 591 valence electrons. The van der Waals surface area contributed by atoms with E-state index in [-0.39, 0.29) is 140 Å². The van der Waals surface area contributed by atoms with Crippen molar-refractivity contribution in [2.45, 2.75) is 205 Å². The number of aryl methyl sites for hydroxylation is 4. The summed E-state index contributed by atoms with van der Waals surface area (Å²) >= 11 is 0. The molecule has 0 aliphatic carbocycles. The molecule has 43 heteroatoms. The van der Waals surface area contributed by atoms with Gasteiger partial charge in [0.2, 0.25) is 6.54 Å². The number of benzene rings is 1. The predicted molar refractivity (Wildman–Crippen MR) is 380 cm³/mol. The number of carbonyl (C=O) groups is 1. The fraction of sp³-hybridized carbons (Fsp3) is 0.582. The Morgan fingerprint density at radius 3 is 1.79 bits per heavy atom. The predicted octanol–water partition coefficient (Wildman–Crippen LogP) is 2.14. The molecule has 1 aromatic carbocycles. The van der Waals surface area contributed by atoms with Crippen LogP contribution < -0.4 is 49.8 Å². The van der Waals surface area contributed by atoms with Gasteiger partial charge in [-0.15, -0.1) is 10.2 Å². The molecule has 6 aliphatic heterocycles. The zero-order valence-electron chi connectivity index (χ0n) is 62.2. The van der Waals surface area contributed by atoms with Crippen molar-refractivity contribution in [3.63, 3.8) is 0 Å². The van der Waals surface area contributed by atoms with E-state index < -0.39 is 135 Å². The van der Waals surface area contributed by atoms with E-state index in [9.17, 15) is 43.0 Å². The molecule has 16 atom stereocenters. The van der Waals surface area contributed by atoms with Gasteiger partial charge in [0.15, 0.2) is 12.5 Å². The fourth-order valence-corrected chi connectivity index (χ4v) is 16.4. The minimum absolute atomic E-state index is 0. The van der Waals surface area contributed by atoms with Gasteiger partial charge in [-0.05, 0) is 73.9 Å². The number of H-pyrrole nitrogens is 2. The summed E-state index contributed by atoms with van der Waals surface area (Å²) in [6.45, 7) is 25.1. The maximum absolute atomic E-state index is 13.4. The van der Waals surface area contributed by atoms with Crippen molar-refractivity contribution in [1.82, 2.24) is 72.9 Å². The molecule has 7 aromatic rings. The van der Waals surface area contributed by atoms with Crippen LogP contribution in [0.1, 0.15) is 123 Å². The molecule has 5 N–H and O–H groups in total. The maximum atomic E-state index is 13.4. The molecular weight excluding hydrogens is 1560 g/mol. The van der Waals surface area contributed by atoms with Crippen LogP contribution in [0.4, 0.5) is 11.6 Å². The number of aromatic amines is 2. The third-order valence-electron chi connectivity index (χ3n) is 19.4. The molecular formula is C67H87N18O22P2Y-.